The van der Waals surface area contributed by atoms with Crippen LogP contribution in [0.4, 0.5) is 0 Å². The van der Waals surface area contributed by atoms with E-state index in [9.17, 15) is 9.59 Å². The van der Waals surface area contributed by atoms with Crippen LogP contribution in [-0.2, 0) is 4.79 Å². The summed E-state index contributed by atoms with van der Waals surface area (Å²) in [6.07, 6.45) is 1.90. The Hall–Kier alpha value is -1.40. The molecule has 6 heteroatoms. The molecule has 0 radical (unpaired) electrons. The molecule has 0 bridgehead atoms. The summed E-state index contributed by atoms with van der Waals surface area (Å²) in [5.41, 5.74) is 6.40. The van der Waals surface area contributed by atoms with Crippen LogP contribution in [0.15, 0.2) is 16.8 Å². The molecule has 0 spiro atoms. The van der Waals surface area contributed by atoms with Gasteiger partial charge in [-0.1, -0.05) is 13.8 Å². The van der Waals surface area contributed by atoms with Gasteiger partial charge in [-0.15, -0.1) is 0 Å². The Morgan fingerprint density at radius 1 is 1.30 bits per heavy atom. The third-order valence-electron chi connectivity index (χ3n) is 3.47. The molecule has 4 N–H and O–H groups in total. The van der Waals surface area contributed by atoms with E-state index in [0.717, 1.165) is 12.8 Å². The molecule has 0 aliphatic heterocycles. The lowest BCUT2D eigenvalue weighted by Gasteiger charge is -2.26. The molecule has 0 aliphatic carbocycles. The van der Waals surface area contributed by atoms with E-state index in [1.807, 2.05) is 19.2 Å². The summed E-state index contributed by atoms with van der Waals surface area (Å²) in [6, 6.07) is 1.76. The second kappa shape index (κ2) is 8.01. The maximum atomic E-state index is 11.7. The number of hydrogen-bond donors (Lipinski definition) is 3. The summed E-state index contributed by atoms with van der Waals surface area (Å²) < 4.78 is 0. The lowest BCUT2D eigenvalue weighted by atomic mass is 9.94. The largest absolute Gasteiger partial charge is 0.354 e. The molecule has 0 aromatic carbocycles. The number of thiophene rings is 1. The lowest BCUT2D eigenvalue weighted by molar-refractivity contribution is -0.121. The second-order valence-corrected chi connectivity index (χ2v) is 5.64. The summed E-state index contributed by atoms with van der Waals surface area (Å²) >= 11 is 1.47. The Labute approximate surface area is 123 Å². The molecular weight excluding hydrogens is 274 g/mol. The average molecular weight is 297 g/mol. The van der Waals surface area contributed by atoms with Gasteiger partial charge in [0.05, 0.1) is 0 Å². The highest BCUT2D eigenvalue weighted by Gasteiger charge is 2.20. The van der Waals surface area contributed by atoms with E-state index in [1.165, 1.54) is 11.3 Å². The van der Waals surface area contributed by atoms with Crippen LogP contribution >= 0.6 is 11.3 Å². The van der Waals surface area contributed by atoms with Gasteiger partial charge in [-0.3, -0.25) is 9.59 Å². The number of nitrogens with two attached hydrogens (primary N) is 1. The topological polar surface area (TPSA) is 84.2 Å². The molecule has 0 aliphatic rings. The van der Waals surface area contributed by atoms with Gasteiger partial charge >= 0.3 is 0 Å². The molecule has 1 aromatic rings. The van der Waals surface area contributed by atoms with E-state index < -0.39 is 0 Å². The van der Waals surface area contributed by atoms with Crippen molar-refractivity contribution in [3.63, 3.8) is 0 Å². The first kappa shape index (κ1) is 16.7. The number of hydrogen-bond acceptors (Lipinski definition) is 4. The fraction of sp³-hybridized carbons (Fsp3) is 0.571. The van der Waals surface area contributed by atoms with Gasteiger partial charge in [-0.05, 0) is 24.3 Å². The highest BCUT2D eigenvalue weighted by Crippen LogP contribution is 2.09. The van der Waals surface area contributed by atoms with E-state index in [0.29, 0.717) is 18.7 Å². The van der Waals surface area contributed by atoms with Crippen LogP contribution in [0.3, 0.4) is 0 Å². The van der Waals surface area contributed by atoms with Crippen LogP contribution < -0.4 is 16.4 Å². The molecule has 0 atom stereocenters. The Morgan fingerprint density at radius 3 is 2.55 bits per heavy atom. The van der Waals surface area contributed by atoms with E-state index in [-0.39, 0.29) is 23.8 Å². The van der Waals surface area contributed by atoms with Crippen molar-refractivity contribution in [2.75, 3.05) is 13.1 Å². The Kier molecular flexibility index (Phi) is 6.67. The molecule has 1 heterocycles. The molecule has 2 amide bonds. The van der Waals surface area contributed by atoms with Gasteiger partial charge in [0.15, 0.2) is 0 Å². The first-order chi connectivity index (χ1) is 9.50. The number of carbonyl (C=O) groups is 2. The predicted octanol–water partition coefficient (Wildman–Crippen LogP) is 1.50. The maximum absolute atomic E-state index is 11.7. The highest BCUT2D eigenvalue weighted by molar-refractivity contribution is 7.08. The van der Waals surface area contributed by atoms with Crippen molar-refractivity contribution in [3.8, 4) is 0 Å². The monoisotopic (exact) mass is 297 g/mol. The molecule has 0 saturated carbocycles. The Morgan fingerprint density at radius 2 is 2.00 bits per heavy atom. The molecule has 0 fully saturated rings. The number of carbonyl (C=O) groups excluding carboxylic acids is 2. The zero-order valence-electron chi connectivity index (χ0n) is 12.1. The normalized spacial score (nSPS) is 11.2. The quantitative estimate of drug-likeness (QED) is 0.680. The molecular formula is C14H23N3O2S. The highest BCUT2D eigenvalue weighted by atomic mass is 32.1. The van der Waals surface area contributed by atoms with Crippen LogP contribution in [0.1, 0.15) is 43.5 Å². The minimum absolute atomic E-state index is 0.0904. The van der Waals surface area contributed by atoms with Crippen molar-refractivity contribution in [2.45, 2.75) is 38.6 Å². The van der Waals surface area contributed by atoms with Gasteiger partial charge in [-0.2, -0.15) is 11.3 Å². The van der Waals surface area contributed by atoms with Crippen LogP contribution in [-0.4, -0.2) is 30.4 Å². The average Bonchev–Trinajstić information content (AvgIpc) is 2.99. The molecule has 20 heavy (non-hydrogen) atoms. The van der Waals surface area contributed by atoms with Crippen LogP contribution in [0.5, 0.6) is 0 Å². The van der Waals surface area contributed by atoms with Crippen molar-refractivity contribution >= 4 is 23.2 Å². The minimum atomic E-state index is -0.338. The Bertz CT molecular complexity index is 428. The maximum Gasteiger partial charge on any atom is 0.252 e. The number of nitrogens with one attached hydrogen (secondary N) is 2. The summed E-state index contributed by atoms with van der Waals surface area (Å²) in [6.45, 7) is 4.82. The van der Waals surface area contributed by atoms with Crippen LogP contribution in [0.25, 0.3) is 0 Å². The third-order valence-corrected chi connectivity index (χ3v) is 4.15. The Balaban J connectivity index is 2.22. The van der Waals surface area contributed by atoms with E-state index in [2.05, 4.69) is 10.6 Å². The van der Waals surface area contributed by atoms with E-state index in [1.54, 1.807) is 11.4 Å². The summed E-state index contributed by atoms with van der Waals surface area (Å²) in [5.74, 6) is -0.235. The molecule has 5 nitrogen and oxygen atoms in total. The van der Waals surface area contributed by atoms with Gasteiger partial charge in [0.2, 0.25) is 5.91 Å². The van der Waals surface area contributed by atoms with Crippen molar-refractivity contribution in [3.05, 3.63) is 22.4 Å². The van der Waals surface area contributed by atoms with E-state index in [4.69, 9.17) is 5.73 Å². The summed E-state index contributed by atoms with van der Waals surface area (Å²) in [7, 11) is 0. The van der Waals surface area contributed by atoms with Crippen molar-refractivity contribution in [1.29, 1.82) is 0 Å². The predicted molar refractivity (Wildman–Crippen MR) is 81.8 cm³/mol. The molecule has 0 saturated heterocycles. The lowest BCUT2D eigenvalue weighted by Crippen LogP contribution is -2.49. The second-order valence-electron chi connectivity index (χ2n) is 4.86. The molecule has 112 valence electrons. The smallest absolute Gasteiger partial charge is 0.252 e. The first-order valence-electron chi connectivity index (χ1n) is 6.86. The van der Waals surface area contributed by atoms with E-state index >= 15 is 0 Å². The zero-order valence-corrected chi connectivity index (χ0v) is 12.9. The SMILES string of the molecule is CCC(N)(CC)CNC(=O)CCNC(=O)c1ccsc1. The van der Waals surface area contributed by atoms with Crippen LogP contribution in [0, 0.1) is 0 Å². The standard InChI is InChI=1S/C14H23N3O2S/c1-3-14(15,4-2)10-17-12(18)5-7-16-13(19)11-6-8-20-9-11/h6,8-9H,3-5,7,10,15H2,1-2H3,(H,16,19)(H,17,18). The van der Waals surface area contributed by atoms with Crippen molar-refractivity contribution in [2.24, 2.45) is 5.73 Å². The summed E-state index contributed by atoms with van der Waals surface area (Å²) in [5, 5.41) is 9.16. The minimum Gasteiger partial charge on any atom is -0.354 e. The van der Waals surface area contributed by atoms with Gasteiger partial charge in [-0.25, -0.2) is 0 Å². The van der Waals surface area contributed by atoms with Gasteiger partial charge in [0.25, 0.3) is 5.91 Å². The first-order valence-corrected chi connectivity index (χ1v) is 7.81. The van der Waals surface area contributed by atoms with Gasteiger partial charge < -0.3 is 16.4 Å². The van der Waals surface area contributed by atoms with Crippen molar-refractivity contribution in [1.82, 2.24) is 10.6 Å². The van der Waals surface area contributed by atoms with Crippen LogP contribution in [0.2, 0.25) is 0 Å². The van der Waals surface area contributed by atoms with Gasteiger partial charge in [0, 0.05) is 36.0 Å². The van der Waals surface area contributed by atoms with Gasteiger partial charge in [0.1, 0.15) is 0 Å². The molecule has 1 aromatic heterocycles. The number of rotatable bonds is 8. The third kappa shape index (κ3) is 5.30. The molecule has 1 rings (SSSR count). The summed E-state index contributed by atoms with van der Waals surface area (Å²) in [4.78, 5) is 23.3. The van der Waals surface area contributed by atoms with Crippen molar-refractivity contribution < 1.29 is 9.59 Å². The fourth-order valence-corrected chi connectivity index (χ4v) is 2.28. The zero-order chi connectivity index (χ0) is 15.0. The number of amides is 2. The fourth-order valence-electron chi connectivity index (χ4n) is 1.65. The molecule has 0 unspecified atom stereocenters.